The SMILES string of the molecule is CCCc1nc(CN)c2n1C(C)CCC2. The van der Waals surface area contributed by atoms with Crippen LogP contribution >= 0.6 is 0 Å². The normalized spacial score (nSPS) is 20.3. The van der Waals surface area contributed by atoms with E-state index in [2.05, 4.69) is 23.4 Å². The van der Waals surface area contributed by atoms with Crippen molar-refractivity contribution in [3.05, 3.63) is 17.2 Å². The number of hydrogen-bond acceptors (Lipinski definition) is 2. The quantitative estimate of drug-likeness (QED) is 0.825. The average molecular weight is 207 g/mol. The molecule has 2 heterocycles. The minimum absolute atomic E-state index is 0.589. The van der Waals surface area contributed by atoms with Crippen molar-refractivity contribution in [2.24, 2.45) is 5.73 Å². The number of imidazole rings is 1. The molecule has 0 radical (unpaired) electrons. The van der Waals surface area contributed by atoms with Gasteiger partial charge in [0.25, 0.3) is 0 Å². The van der Waals surface area contributed by atoms with E-state index in [1.54, 1.807) is 0 Å². The van der Waals surface area contributed by atoms with Crippen LogP contribution in [0.5, 0.6) is 0 Å². The Bertz CT molecular complexity index is 341. The molecule has 1 aromatic heterocycles. The Hall–Kier alpha value is -0.830. The highest BCUT2D eigenvalue weighted by atomic mass is 15.1. The number of hydrogen-bond donors (Lipinski definition) is 1. The van der Waals surface area contributed by atoms with Crippen LogP contribution in [0.25, 0.3) is 0 Å². The van der Waals surface area contributed by atoms with Gasteiger partial charge in [-0.15, -0.1) is 0 Å². The number of nitrogens with zero attached hydrogens (tertiary/aromatic N) is 2. The second-order valence-electron chi connectivity index (χ2n) is 4.49. The van der Waals surface area contributed by atoms with Crippen molar-refractivity contribution in [2.75, 3.05) is 0 Å². The Kier molecular flexibility index (Phi) is 3.10. The topological polar surface area (TPSA) is 43.8 Å². The van der Waals surface area contributed by atoms with Gasteiger partial charge in [-0.3, -0.25) is 0 Å². The standard InChI is InChI=1S/C12H21N3/c1-3-5-12-14-10(8-13)11-7-4-6-9(2)15(11)12/h9H,3-8,13H2,1-2H3. The third-order valence-electron chi connectivity index (χ3n) is 3.31. The van der Waals surface area contributed by atoms with Crippen molar-refractivity contribution < 1.29 is 0 Å². The summed E-state index contributed by atoms with van der Waals surface area (Å²) in [5, 5.41) is 0. The maximum Gasteiger partial charge on any atom is 0.109 e. The van der Waals surface area contributed by atoms with E-state index in [0.717, 1.165) is 25.0 Å². The number of aryl methyl sites for hydroxylation is 1. The van der Waals surface area contributed by atoms with Gasteiger partial charge in [0.15, 0.2) is 0 Å². The number of aromatic nitrogens is 2. The van der Waals surface area contributed by atoms with E-state index in [9.17, 15) is 0 Å². The van der Waals surface area contributed by atoms with Crippen LogP contribution in [0.2, 0.25) is 0 Å². The molecular formula is C12H21N3. The van der Waals surface area contributed by atoms with Crippen molar-refractivity contribution >= 4 is 0 Å². The first-order valence-corrected chi connectivity index (χ1v) is 6.06. The molecule has 1 aromatic rings. The van der Waals surface area contributed by atoms with Gasteiger partial charge in [-0.1, -0.05) is 6.92 Å². The molecule has 1 unspecified atom stereocenters. The molecule has 0 saturated heterocycles. The summed E-state index contributed by atoms with van der Waals surface area (Å²) in [6, 6.07) is 0.614. The molecule has 0 spiro atoms. The van der Waals surface area contributed by atoms with Crippen molar-refractivity contribution in [1.29, 1.82) is 0 Å². The smallest absolute Gasteiger partial charge is 0.109 e. The van der Waals surface area contributed by atoms with Crippen LogP contribution in [0, 0.1) is 0 Å². The summed E-state index contributed by atoms with van der Waals surface area (Å²) < 4.78 is 2.44. The molecule has 1 atom stereocenters. The van der Waals surface area contributed by atoms with E-state index in [4.69, 9.17) is 5.73 Å². The van der Waals surface area contributed by atoms with Gasteiger partial charge < -0.3 is 10.3 Å². The lowest BCUT2D eigenvalue weighted by Crippen LogP contribution is -2.18. The number of nitrogens with two attached hydrogens (primary N) is 1. The molecule has 84 valence electrons. The first kappa shape index (κ1) is 10.7. The first-order chi connectivity index (χ1) is 7.27. The Morgan fingerprint density at radius 2 is 2.33 bits per heavy atom. The van der Waals surface area contributed by atoms with Crippen molar-refractivity contribution in [2.45, 2.75) is 58.5 Å². The molecule has 0 bridgehead atoms. The Morgan fingerprint density at radius 3 is 3.00 bits per heavy atom. The molecule has 3 heteroatoms. The zero-order valence-electron chi connectivity index (χ0n) is 9.79. The number of rotatable bonds is 3. The molecule has 0 aliphatic carbocycles. The predicted octanol–water partition coefficient (Wildman–Crippen LogP) is 2.19. The highest BCUT2D eigenvalue weighted by molar-refractivity contribution is 5.20. The predicted molar refractivity (Wildman–Crippen MR) is 61.8 cm³/mol. The monoisotopic (exact) mass is 207 g/mol. The van der Waals surface area contributed by atoms with E-state index in [0.29, 0.717) is 12.6 Å². The van der Waals surface area contributed by atoms with Crippen LogP contribution in [0.1, 0.15) is 56.4 Å². The lowest BCUT2D eigenvalue weighted by molar-refractivity contribution is 0.416. The summed E-state index contributed by atoms with van der Waals surface area (Å²) >= 11 is 0. The maximum absolute atomic E-state index is 5.75. The Balaban J connectivity index is 2.43. The third kappa shape index (κ3) is 1.81. The van der Waals surface area contributed by atoms with E-state index in [1.807, 2.05) is 0 Å². The van der Waals surface area contributed by atoms with Crippen molar-refractivity contribution in [1.82, 2.24) is 9.55 Å². The Morgan fingerprint density at radius 1 is 1.53 bits per heavy atom. The zero-order chi connectivity index (χ0) is 10.8. The summed E-state index contributed by atoms with van der Waals surface area (Å²) in [4.78, 5) is 4.69. The maximum atomic E-state index is 5.75. The molecule has 3 nitrogen and oxygen atoms in total. The molecule has 0 aromatic carbocycles. The van der Waals surface area contributed by atoms with Crippen LogP contribution in [-0.2, 0) is 19.4 Å². The van der Waals surface area contributed by atoms with E-state index < -0.39 is 0 Å². The highest BCUT2D eigenvalue weighted by Crippen LogP contribution is 2.28. The molecule has 0 saturated carbocycles. The van der Waals surface area contributed by atoms with Gasteiger partial charge in [0, 0.05) is 24.7 Å². The molecule has 15 heavy (non-hydrogen) atoms. The lowest BCUT2D eigenvalue weighted by Gasteiger charge is -2.24. The summed E-state index contributed by atoms with van der Waals surface area (Å²) in [6.45, 7) is 5.09. The minimum Gasteiger partial charge on any atom is -0.329 e. The second kappa shape index (κ2) is 4.35. The summed E-state index contributed by atoms with van der Waals surface area (Å²) in [5.41, 5.74) is 8.29. The lowest BCUT2D eigenvalue weighted by atomic mass is 10.0. The van der Waals surface area contributed by atoms with E-state index in [-0.39, 0.29) is 0 Å². The van der Waals surface area contributed by atoms with Gasteiger partial charge in [-0.25, -0.2) is 4.98 Å². The van der Waals surface area contributed by atoms with Crippen molar-refractivity contribution in [3.8, 4) is 0 Å². The fourth-order valence-corrected chi connectivity index (χ4v) is 2.61. The van der Waals surface area contributed by atoms with E-state index in [1.165, 1.54) is 24.4 Å². The van der Waals surface area contributed by atoms with E-state index >= 15 is 0 Å². The largest absolute Gasteiger partial charge is 0.329 e. The summed E-state index contributed by atoms with van der Waals surface area (Å²) in [7, 11) is 0. The van der Waals surface area contributed by atoms with Gasteiger partial charge in [0.2, 0.25) is 0 Å². The molecule has 1 aliphatic rings. The molecule has 0 amide bonds. The molecular weight excluding hydrogens is 186 g/mol. The molecule has 0 fully saturated rings. The zero-order valence-corrected chi connectivity index (χ0v) is 9.79. The fourth-order valence-electron chi connectivity index (χ4n) is 2.61. The Labute approximate surface area is 91.7 Å². The van der Waals surface area contributed by atoms with Crippen LogP contribution in [0.4, 0.5) is 0 Å². The summed E-state index contributed by atoms with van der Waals surface area (Å²) in [5.74, 6) is 1.25. The van der Waals surface area contributed by atoms with Crippen LogP contribution in [0.15, 0.2) is 0 Å². The van der Waals surface area contributed by atoms with Gasteiger partial charge in [0.1, 0.15) is 5.82 Å². The van der Waals surface area contributed by atoms with Crippen LogP contribution < -0.4 is 5.73 Å². The third-order valence-corrected chi connectivity index (χ3v) is 3.31. The second-order valence-corrected chi connectivity index (χ2v) is 4.49. The van der Waals surface area contributed by atoms with Crippen LogP contribution in [0.3, 0.4) is 0 Å². The van der Waals surface area contributed by atoms with Crippen molar-refractivity contribution in [3.63, 3.8) is 0 Å². The van der Waals surface area contributed by atoms with Crippen LogP contribution in [-0.4, -0.2) is 9.55 Å². The summed E-state index contributed by atoms with van der Waals surface area (Å²) in [6.07, 6.45) is 5.97. The average Bonchev–Trinajstić information content (AvgIpc) is 2.59. The fraction of sp³-hybridized carbons (Fsp3) is 0.750. The molecule has 2 rings (SSSR count). The van der Waals surface area contributed by atoms with Gasteiger partial charge >= 0.3 is 0 Å². The molecule has 1 aliphatic heterocycles. The number of fused-ring (bicyclic) bond motifs is 1. The minimum atomic E-state index is 0.589. The highest BCUT2D eigenvalue weighted by Gasteiger charge is 2.22. The van der Waals surface area contributed by atoms with Gasteiger partial charge in [-0.05, 0) is 32.6 Å². The first-order valence-electron chi connectivity index (χ1n) is 6.06. The molecule has 2 N–H and O–H groups in total. The van der Waals surface area contributed by atoms with Gasteiger partial charge in [0.05, 0.1) is 5.69 Å². The van der Waals surface area contributed by atoms with Gasteiger partial charge in [-0.2, -0.15) is 0 Å².